The third kappa shape index (κ3) is 7.14. The fourth-order valence-electron chi connectivity index (χ4n) is 3.75. The van der Waals surface area contributed by atoms with Crippen molar-refractivity contribution in [3.05, 3.63) is 59.7 Å². The van der Waals surface area contributed by atoms with Gasteiger partial charge in [-0.1, -0.05) is 36.4 Å². The molecule has 1 aliphatic rings. The number of nitrogens with one attached hydrogen (secondary N) is 1. The zero-order chi connectivity index (χ0) is 22.6. The van der Waals surface area contributed by atoms with Crippen LogP contribution in [0.3, 0.4) is 0 Å². The molecular weight excluding hydrogens is 404 g/mol. The van der Waals surface area contributed by atoms with E-state index >= 15 is 0 Å². The fraction of sp³-hybridized carbons (Fsp3) is 0.480. The molecule has 1 saturated heterocycles. The minimum Gasteiger partial charge on any atom is -0.506 e. The summed E-state index contributed by atoms with van der Waals surface area (Å²) in [5.41, 5.74) is 3.21. The molecule has 0 amide bonds. The Bertz CT molecular complexity index is 851. The van der Waals surface area contributed by atoms with Gasteiger partial charge in [-0.2, -0.15) is 0 Å². The highest BCUT2D eigenvalue weighted by atomic mass is 16.5. The molecule has 1 heterocycles. The lowest BCUT2D eigenvalue weighted by Crippen LogP contribution is -2.52. The number of piperazine rings is 1. The average molecular weight is 441 g/mol. The largest absolute Gasteiger partial charge is 0.506 e. The molecule has 7 nitrogen and oxygen atoms in total. The first-order valence-electron chi connectivity index (χ1n) is 11.5. The highest BCUT2D eigenvalue weighted by Gasteiger charge is 2.21. The van der Waals surface area contributed by atoms with Gasteiger partial charge in [0.2, 0.25) is 0 Å². The van der Waals surface area contributed by atoms with Crippen LogP contribution in [0.4, 0.5) is 5.69 Å². The number of para-hydroxylation sites is 2. The number of rotatable bonds is 10. The predicted octanol–water partition coefficient (Wildman–Crippen LogP) is 3.23. The normalized spacial score (nSPS) is 14.6. The maximum Gasteiger partial charge on any atom is 0.194 e. The Labute approximate surface area is 191 Å². The Balaban J connectivity index is 1.55. The smallest absolute Gasteiger partial charge is 0.194 e. The van der Waals surface area contributed by atoms with Gasteiger partial charge in [-0.25, -0.2) is 4.99 Å². The van der Waals surface area contributed by atoms with Gasteiger partial charge in [0.15, 0.2) is 5.96 Å². The quantitative estimate of drug-likeness (QED) is 0.336. The molecule has 2 aromatic rings. The van der Waals surface area contributed by atoms with E-state index in [-0.39, 0.29) is 0 Å². The monoisotopic (exact) mass is 440 g/mol. The fourth-order valence-corrected chi connectivity index (χ4v) is 3.75. The van der Waals surface area contributed by atoms with Crippen LogP contribution in [0.1, 0.15) is 25.0 Å². The van der Waals surface area contributed by atoms with Crippen molar-refractivity contribution in [1.29, 1.82) is 0 Å². The summed E-state index contributed by atoms with van der Waals surface area (Å²) in [5.74, 6) is 1.27. The van der Waals surface area contributed by atoms with Crippen molar-refractivity contribution in [3.63, 3.8) is 0 Å². The Kier molecular flexibility index (Phi) is 9.65. The van der Waals surface area contributed by atoms with E-state index in [1.54, 1.807) is 6.07 Å². The summed E-state index contributed by atoms with van der Waals surface area (Å²) in [6.07, 6.45) is 0. The molecule has 0 bridgehead atoms. The number of hydrogen-bond acceptors (Lipinski definition) is 5. The molecule has 32 heavy (non-hydrogen) atoms. The lowest BCUT2D eigenvalue weighted by Gasteiger charge is -2.37. The molecule has 3 rings (SSSR count). The van der Waals surface area contributed by atoms with Crippen LogP contribution in [-0.2, 0) is 22.6 Å². The minimum absolute atomic E-state index is 0.336. The summed E-state index contributed by atoms with van der Waals surface area (Å²) in [4.78, 5) is 9.41. The molecule has 0 radical (unpaired) electrons. The van der Waals surface area contributed by atoms with E-state index in [0.29, 0.717) is 32.1 Å². The van der Waals surface area contributed by atoms with Crippen LogP contribution >= 0.6 is 0 Å². The SMILES string of the molecule is CCNC(=NCc1cccc(COCCOCC)c1)N1CCN(c2ccccc2O)CC1. The molecular formula is C25H36N4O3. The number of anilines is 1. The maximum absolute atomic E-state index is 10.1. The van der Waals surface area contributed by atoms with Gasteiger partial charge in [0, 0.05) is 39.3 Å². The first-order chi connectivity index (χ1) is 15.7. The second-order valence-corrected chi connectivity index (χ2v) is 7.70. The molecule has 0 aromatic heterocycles. The highest BCUT2D eigenvalue weighted by molar-refractivity contribution is 5.80. The standard InChI is InChI=1S/C25H36N4O3/c1-3-26-25(29-14-12-28(13-15-29)23-10-5-6-11-24(23)30)27-19-21-8-7-9-22(18-21)20-32-17-16-31-4-2/h5-11,18,30H,3-4,12-17,19-20H2,1-2H3,(H,26,27). The molecule has 2 aromatic carbocycles. The molecule has 1 aliphatic heterocycles. The second kappa shape index (κ2) is 12.9. The molecule has 0 atom stereocenters. The van der Waals surface area contributed by atoms with Gasteiger partial charge in [-0.3, -0.25) is 0 Å². The van der Waals surface area contributed by atoms with Crippen LogP contribution < -0.4 is 10.2 Å². The summed E-state index contributed by atoms with van der Waals surface area (Å²) in [6.45, 7) is 11.5. The number of hydrogen-bond donors (Lipinski definition) is 2. The summed E-state index contributed by atoms with van der Waals surface area (Å²) in [5, 5.41) is 13.6. The van der Waals surface area contributed by atoms with Crippen LogP contribution in [0.15, 0.2) is 53.5 Å². The van der Waals surface area contributed by atoms with Crippen LogP contribution in [0, 0.1) is 0 Å². The number of benzene rings is 2. The predicted molar refractivity (Wildman–Crippen MR) is 129 cm³/mol. The topological polar surface area (TPSA) is 69.6 Å². The van der Waals surface area contributed by atoms with E-state index in [0.717, 1.165) is 56.5 Å². The summed E-state index contributed by atoms with van der Waals surface area (Å²) in [6, 6.07) is 15.9. The van der Waals surface area contributed by atoms with E-state index in [4.69, 9.17) is 14.5 Å². The summed E-state index contributed by atoms with van der Waals surface area (Å²) < 4.78 is 11.0. The third-order valence-corrected chi connectivity index (χ3v) is 5.38. The van der Waals surface area contributed by atoms with Gasteiger partial charge in [-0.15, -0.1) is 0 Å². The summed E-state index contributed by atoms with van der Waals surface area (Å²) >= 11 is 0. The number of aliphatic imine (C=N–C) groups is 1. The van der Waals surface area contributed by atoms with Crippen molar-refractivity contribution in [2.45, 2.75) is 27.0 Å². The van der Waals surface area contributed by atoms with Crippen LogP contribution in [0.2, 0.25) is 0 Å². The Hall–Kier alpha value is -2.77. The molecule has 1 fully saturated rings. The second-order valence-electron chi connectivity index (χ2n) is 7.70. The zero-order valence-corrected chi connectivity index (χ0v) is 19.3. The Morgan fingerprint density at radius 2 is 1.72 bits per heavy atom. The van der Waals surface area contributed by atoms with Gasteiger partial charge >= 0.3 is 0 Å². The van der Waals surface area contributed by atoms with Gasteiger partial charge in [0.05, 0.1) is 32.1 Å². The van der Waals surface area contributed by atoms with Crippen molar-refractivity contribution >= 4 is 11.6 Å². The average Bonchev–Trinajstić information content (AvgIpc) is 2.82. The van der Waals surface area contributed by atoms with Crippen LogP contribution in [0.25, 0.3) is 0 Å². The summed E-state index contributed by atoms with van der Waals surface area (Å²) in [7, 11) is 0. The number of guanidine groups is 1. The van der Waals surface area contributed by atoms with Crippen molar-refractivity contribution in [2.24, 2.45) is 4.99 Å². The molecule has 174 valence electrons. The van der Waals surface area contributed by atoms with E-state index < -0.39 is 0 Å². The first kappa shape index (κ1) is 23.9. The lowest BCUT2D eigenvalue weighted by atomic mass is 10.1. The molecule has 0 spiro atoms. The lowest BCUT2D eigenvalue weighted by molar-refractivity contribution is 0.0453. The number of phenolic OH excluding ortho intramolecular Hbond substituents is 1. The van der Waals surface area contributed by atoms with E-state index in [1.165, 1.54) is 5.56 Å². The van der Waals surface area contributed by atoms with Gasteiger partial charge in [0.25, 0.3) is 0 Å². The Morgan fingerprint density at radius 3 is 2.47 bits per heavy atom. The van der Waals surface area contributed by atoms with Crippen LogP contribution in [0.5, 0.6) is 5.75 Å². The maximum atomic E-state index is 10.1. The number of aromatic hydroxyl groups is 1. The van der Waals surface area contributed by atoms with E-state index in [9.17, 15) is 5.11 Å². The zero-order valence-electron chi connectivity index (χ0n) is 19.3. The molecule has 0 aliphatic carbocycles. The van der Waals surface area contributed by atoms with Crippen molar-refractivity contribution in [1.82, 2.24) is 10.2 Å². The molecule has 7 heteroatoms. The number of phenols is 1. The van der Waals surface area contributed by atoms with Crippen molar-refractivity contribution in [3.8, 4) is 5.75 Å². The van der Waals surface area contributed by atoms with Gasteiger partial charge < -0.3 is 29.7 Å². The third-order valence-electron chi connectivity index (χ3n) is 5.38. The molecule has 2 N–H and O–H groups in total. The van der Waals surface area contributed by atoms with Crippen molar-refractivity contribution < 1.29 is 14.6 Å². The first-order valence-corrected chi connectivity index (χ1v) is 11.5. The Morgan fingerprint density at radius 1 is 0.969 bits per heavy atom. The molecule has 0 unspecified atom stereocenters. The number of nitrogens with zero attached hydrogens (tertiary/aromatic N) is 3. The van der Waals surface area contributed by atoms with Crippen molar-refractivity contribution in [2.75, 3.05) is 57.4 Å². The van der Waals surface area contributed by atoms with Crippen LogP contribution in [-0.4, -0.2) is 68.5 Å². The van der Waals surface area contributed by atoms with E-state index in [2.05, 4.69) is 46.3 Å². The molecule has 0 saturated carbocycles. The van der Waals surface area contributed by atoms with Gasteiger partial charge in [0.1, 0.15) is 5.75 Å². The van der Waals surface area contributed by atoms with E-state index in [1.807, 2.05) is 25.1 Å². The minimum atomic E-state index is 0.336. The van der Waals surface area contributed by atoms with Gasteiger partial charge in [-0.05, 0) is 37.1 Å². The number of ether oxygens (including phenoxy) is 2. The highest BCUT2D eigenvalue weighted by Crippen LogP contribution is 2.27.